The number of rotatable bonds is 8. The second kappa shape index (κ2) is 10.6. The summed E-state index contributed by atoms with van der Waals surface area (Å²) in [6.45, 7) is 0.895. The second-order valence-electron chi connectivity index (χ2n) is 6.40. The first kappa shape index (κ1) is 19.1. The average molecular weight is 347 g/mol. The van der Waals surface area contributed by atoms with E-state index in [4.69, 9.17) is 4.74 Å². The van der Waals surface area contributed by atoms with Gasteiger partial charge in [-0.3, -0.25) is 4.79 Å². The minimum Gasteiger partial charge on any atom is -0.496 e. The van der Waals surface area contributed by atoms with E-state index in [1.54, 1.807) is 7.11 Å². The van der Waals surface area contributed by atoms with Crippen molar-refractivity contribution in [3.8, 4) is 5.75 Å². The highest BCUT2D eigenvalue weighted by molar-refractivity contribution is 5.78. The first-order valence-corrected chi connectivity index (χ1v) is 9.12. The molecule has 0 bridgehead atoms. The molecule has 1 saturated carbocycles. The summed E-state index contributed by atoms with van der Waals surface area (Å²) in [7, 11) is 1.64. The molecule has 0 spiro atoms. The fourth-order valence-electron chi connectivity index (χ4n) is 3.11. The molecular weight excluding hydrogens is 318 g/mol. The molecule has 2 rings (SSSR count). The highest BCUT2D eigenvalue weighted by atomic mass is 16.5. The number of para-hydroxylation sites is 1. The molecule has 1 aromatic rings. The van der Waals surface area contributed by atoms with Crippen molar-refractivity contribution >= 4 is 11.9 Å². The zero-order chi connectivity index (χ0) is 17.9. The van der Waals surface area contributed by atoms with Crippen LogP contribution in [0, 0.1) is 0 Å². The second-order valence-corrected chi connectivity index (χ2v) is 6.40. The summed E-state index contributed by atoms with van der Waals surface area (Å²) in [6, 6.07) is 7.88. The Morgan fingerprint density at radius 1 is 1.08 bits per heavy atom. The minimum absolute atomic E-state index is 0.0622. The van der Waals surface area contributed by atoms with Crippen molar-refractivity contribution in [3.63, 3.8) is 0 Å². The number of carbonyl (C=O) groups is 2. The SMILES string of the molecule is COc1ccccc1CCNC(=O)CCNC(=O)NC1CCCCC1. The quantitative estimate of drug-likeness (QED) is 0.675. The highest BCUT2D eigenvalue weighted by Gasteiger charge is 2.15. The van der Waals surface area contributed by atoms with E-state index in [0.717, 1.165) is 24.2 Å². The van der Waals surface area contributed by atoms with Gasteiger partial charge in [-0.25, -0.2) is 4.79 Å². The molecule has 25 heavy (non-hydrogen) atoms. The van der Waals surface area contributed by atoms with Crippen LogP contribution in [0.1, 0.15) is 44.1 Å². The molecule has 0 aliphatic heterocycles. The summed E-state index contributed by atoms with van der Waals surface area (Å²) in [4.78, 5) is 23.6. The fourth-order valence-corrected chi connectivity index (χ4v) is 3.11. The van der Waals surface area contributed by atoms with Gasteiger partial charge in [-0.15, -0.1) is 0 Å². The molecule has 1 aromatic carbocycles. The van der Waals surface area contributed by atoms with Crippen LogP contribution in [0.25, 0.3) is 0 Å². The molecule has 1 aliphatic rings. The van der Waals surface area contributed by atoms with Gasteiger partial charge in [0.25, 0.3) is 0 Å². The molecule has 3 N–H and O–H groups in total. The molecule has 0 heterocycles. The zero-order valence-electron chi connectivity index (χ0n) is 15.0. The van der Waals surface area contributed by atoms with Crippen molar-refractivity contribution in [1.82, 2.24) is 16.0 Å². The van der Waals surface area contributed by atoms with Gasteiger partial charge in [0.1, 0.15) is 5.75 Å². The summed E-state index contributed by atoms with van der Waals surface area (Å²) in [5.41, 5.74) is 1.07. The van der Waals surface area contributed by atoms with Gasteiger partial charge in [-0.2, -0.15) is 0 Å². The van der Waals surface area contributed by atoms with Crippen molar-refractivity contribution in [1.29, 1.82) is 0 Å². The van der Waals surface area contributed by atoms with Crippen LogP contribution in [0.15, 0.2) is 24.3 Å². The van der Waals surface area contributed by atoms with Gasteiger partial charge in [0.2, 0.25) is 5.91 Å². The Morgan fingerprint density at radius 3 is 2.60 bits per heavy atom. The van der Waals surface area contributed by atoms with Gasteiger partial charge >= 0.3 is 6.03 Å². The maximum atomic E-state index is 11.8. The molecule has 1 fully saturated rings. The lowest BCUT2D eigenvalue weighted by atomic mass is 9.96. The van der Waals surface area contributed by atoms with E-state index in [1.807, 2.05) is 24.3 Å². The molecule has 6 heteroatoms. The van der Waals surface area contributed by atoms with Crippen LogP contribution >= 0.6 is 0 Å². The van der Waals surface area contributed by atoms with E-state index in [-0.39, 0.29) is 24.4 Å². The van der Waals surface area contributed by atoms with Gasteiger partial charge in [0, 0.05) is 25.6 Å². The maximum absolute atomic E-state index is 11.8. The number of hydrogen-bond acceptors (Lipinski definition) is 3. The first-order chi connectivity index (χ1) is 12.2. The summed E-state index contributed by atoms with van der Waals surface area (Å²) in [5.74, 6) is 0.769. The third-order valence-corrected chi connectivity index (χ3v) is 4.49. The number of ether oxygens (including phenoxy) is 1. The van der Waals surface area contributed by atoms with Crippen LogP contribution in [0.4, 0.5) is 4.79 Å². The lowest BCUT2D eigenvalue weighted by Gasteiger charge is -2.22. The number of hydrogen-bond donors (Lipinski definition) is 3. The summed E-state index contributed by atoms with van der Waals surface area (Å²) < 4.78 is 5.29. The Kier molecular flexibility index (Phi) is 8.09. The number of nitrogens with one attached hydrogen (secondary N) is 3. The van der Waals surface area contributed by atoms with E-state index in [9.17, 15) is 9.59 Å². The van der Waals surface area contributed by atoms with Gasteiger partial charge in [0.05, 0.1) is 7.11 Å². The largest absolute Gasteiger partial charge is 0.496 e. The molecule has 0 atom stereocenters. The number of urea groups is 1. The van der Waals surface area contributed by atoms with Crippen LogP contribution < -0.4 is 20.7 Å². The van der Waals surface area contributed by atoms with Crippen molar-refractivity contribution in [2.75, 3.05) is 20.2 Å². The molecule has 0 saturated heterocycles. The third kappa shape index (κ3) is 7.03. The van der Waals surface area contributed by atoms with Gasteiger partial charge < -0.3 is 20.7 Å². The topological polar surface area (TPSA) is 79.5 Å². The normalized spacial score (nSPS) is 14.6. The Bertz CT molecular complexity index is 557. The van der Waals surface area contributed by atoms with Gasteiger partial charge in [-0.05, 0) is 30.9 Å². The summed E-state index contributed by atoms with van der Waals surface area (Å²) in [5, 5.41) is 8.60. The smallest absolute Gasteiger partial charge is 0.315 e. The van der Waals surface area contributed by atoms with E-state index in [1.165, 1.54) is 19.3 Å². The molecule has 6 nitrogen and oxygen atoms in total. The number of amides is 3. The predicted octanol–water partition coefficient (Wildman–Crippen LogP) is 2.38. The standard InChI is InChI=1S/C19H29N3O3/c1-25-17-10-6-5-7-15(17)11-13-20-18(23)12-14-21-19(24)22-16-8-3-2-4-9-16/h5-7,10,16H,2-4,8-9,11-14H2,1H3,(H,20,23)(H2,21,22,24). The van der Waals surface area contributed by atoms with Crippen molar-refractivity contribution in [3.05, 3.63) is 29.8 Å². The highest BCUT2D eigenvalue weighted by Crippen LogP contribution is 2.17. The van der Waals surface area contributed by atoms with Gasteiger partial charge in [-0.1, -0.05) is 37.5 Å². The van der Waals surface area contributed by atoms with Crippen LogP contribution in [-0.2, 0) is 11.2 Å². The predicted molar refractivity (Wildman–Crippen MR) is 97.7 cm³/mol. The molecular formula is C19H29N3O3. The summed E-state index contributed by atoms with van der Waals surface area (Å²) in [6.07, 6.45) is 6.72. The molecule has 1 aliphatic carbocycles. The molecule has 138 valence electrons. The van der Waals surface area contributed by atoms with E-state index in [0.29, 0.717) is 19.5 Å². The lowest BCUT2D eigenvalue weighted by molar-refractivity contribution is -0.120. The molecule has 0 unspecified atom stereocenters. The molecule has 0 radical (unpaired) electrons. The lowest BCUT2D eigenvalue weighted by Crippen LogP contribution is -2.43. The molecule has 3 amide bonds. The van der Waals surface area contributed by atoms with Crippen LogP contribution in [0.2, 0.25) is 0 Å². The minimum atomic E-state index is -0.172. The number of carbonyl (C=O) groups excluding carboxylic acids is 2. The van der Waals surface area contributed by atoms with Crippen molar-refractivity contribution in [2.45, 2.75) is 51.0 Å². The third-order valence-electron chi connectivity index (χ3n) is 4.49. The number of methoxy groups -OCH3 is 1. The van der Waals surface area contributed by atoms with Crippen molar-refractivity contribution < 1.29 is 14.3 Å². The Hall–Kier alpha value is -2.24. The monoisotopic (exact) mass is 347 g/mol. The number of benzene rings is 1. The first-order valence-electron chi connectivity index (χ1n) is 9.12. The van der Waals surface area contributed by atoms with Crippen molar-refractivity contribution in [2.24, 2.45) is 0 Å². The molecule has 0 aromatic heterocycles. The Morgan fingerprint density at radius 2 is 1.84 bits per heavy atom. The Labute approximate surface area is 149 Å². The Balaban J connectivity index is 1.56. The average Bonchev–Trinajstić information content (AvgIpc) is 2.63. The fraction of sp³-hybridized carbons (Fsp3) is 0.579. The maximum Gasteiger partial charge on any atom is 0.315 e. The van der Waals surface area contributed by atoms with E-state index >= 15 is 0 Å². The summed E-state index contributed by atoms with van der Waals surface area (Å²) >= 11 is 0. The van der Waals surface area contributed by atoms with Crippen LogP contribution in [-0.4, -0.2) is 38.2 Å². The zero-order valence-corrected chi connectivity index (χ0v) is 15.0. The van der Waals surface area contributed by atoms with Crippen LogP contribution in [0.5, 0.6) is 5.75 Å². The van der Waals surface area contributed by atoms with E-state index in [2.05, 4.69) is 16.0 Å². The van der Waals surface area contributed by atoms with E-state index < -0.39 is 0 Å². The van der Waals surface area contributed by atoms with Crippen LogP contribution in [0.3, 0.4) is 0 Å². The van der Waals surface area contributed by atoms with Gasteiger partial charge in [0.15, 0.2) is 0 Å².